The van der Waals surface area contributed by atoms with E-state index in [0.29, 0.717) is 12.2 Å². The molecular weight excluding hydrogens is 265 g/mol. The van der Waals surface area contributed by atoms with Crippen LogP contribution in [0.25, 0.3) is 10.8 Å². The lowest BCUT2D eigenvalue weighted by atomic mass is 10.1. The van der Waals surface area contributed by atoms with Crippen molar-refractivity contribution in [3.05, 3.63) is 66.2 Å². The maximum Gasteiger partial charge on any atom is 0.123 e. The van der Waals surface area contributed by atoms with E-state index in [-0.39, 0.29) is 5.82 Å². The monoisotopic (exact) mass is 281 g/mol. The predicted molar refractivity (Wildman–Crippen MR) is 84.7 cm³/mol. The summed E-state index contributed by atoms with van der Waals surface area (Å²) in [4.78, 5) is 6.11. The quantitative estimate of drug-likeness (QED) is 0.746. The minimum absolute atomic E-state index is 0.224. The highest BCUT2D eigenvalue weighted by atomic mass is 19.1. The van der Waals surface area contributed by atoms with Crippen LogP contribution in [-0.2, 0) is 6.54 Å². The van der Waals surface area contributed by atoms with Crippen LogP contribution in [0.5, 0.6) is 0 Å². The Kier molecular flexibility index (Phi) is 3.44. The Hall–Kier alpha value is -2.62. The maximum atomic E-state index is 13.3. The first-order valence-corrected chi connectivity index (χ1v) is 6.73. The van der Waals surface area contributed by atoms with E-state index in [1.807, 2.05) is 36.2 Å². The third-order valence-corrected chi connectivity index (χ3v) is 3.56. The van der Waals surface area contributed by atoms with Crippen LogP contribution in [0.15, 0.2) is 54.9 Å². The topological polar surface area (TPSA) is 42.2 Å². The maximum absolute atomic E-state index is 13.3. The number of nitrogen functional groups attached to an aromatic ring is 1. The summed E-state index contributed by atoms with van der Waals surface area (Å²) in [5, 5.41) is 1.99. The molecule has 1 heterocycles. The van der Waals surface area contributed by atoms with Gasteiger partial charge in [0.05, 0.1) is 11.4 Å². The molecule has 21 heavy (non-hydrogen) atoms. The first-order chi connectivity index (χ1) is 10.1. The van der Waals surface area contributed by atoms with Gasteiger partial charge in [-0.05, 0) is 29.8 Å². The van der Waals surface area contributed by atoms with Gasteiger partial charge in [0.25, 0.3) is 0 Å². The molecule has 106 valence electrons. The van der Waals surface area contributed by atoms with Crippen molar-refractivity contribution in [2.24, 2.45) is 0 Å². The van der Waals surface area contributed by atoms with Crippen LogP contribution in [0.3, 0.4) is 0 Å². The number of anilines is 2. The van der Waals surface area contributed by atoms with Gasteiger partial charge in [0.15, 0.2) is 0 Å². The van der Waals surface area contributed by atoms with Crippen LogP contribution in [0.4, 0.5) is 15.8 Å². The number of aromatic nitrogens is 1. The van der Waals surface area contributed by atoms with Crippen molar-refractivity contribution in [3.63, 3.8) is 0 Å². The summed E-state index contributed by atoms with van der Waals surface area (Å²) in [7, 11) is 1.95. The number of pyridine rings is 1. The molecule has 3 nitrogen and oxygen atoms in total. The molecule has 3 rings (SSSR count). The normalized spacial score (nSPS) is 10.8. The van der Waals surface area contributed by atoms with Gasteiger partial charge < -0.3 is 10.6 Å². The minimum Gasteiger partial charge on any atom is -0.397 e. The number of rotatable bonds is 3. The molecular formula is C17H16FN3. The highest BCUT2D eigenvalue weighted by Crippen LogP contribution is 2.31. The molecule has 0 saturated carbocycles. The molecule has 2 N–H and O–H groups in total. The Morgan fingerprint density at radius 2 is 2.05 bits per heavy atom. The number of hydrogen-bond donors (Lipinski definition) is 1. The zero-order valence-corrected chi connectivity index (χ0v) is 11.8. The summed E-state index contributed by atoms with van der Waals surface area (Å²) in [6.07, 6.45) is 3.52. The molecule has 0 aliphatic heterocycles. The Bertz CT molecular complexity index is 786. The molecule has 0 bridgehead atoms. The van der Waals surface area contributed by atoms with E-state index in [9.17, 15) is 4.39 Å². The van der Waals surface area contributed by atoms with E-state index in [1.165, 1.54) is 12.1 Å². The third-order valence-electron chi connectivity index (χ3n) is 3.56. The first-order valence-electron chi connectivity index (χ1n) is 6.73. The molecule has 3 aromatic rings. The molecule has 0 saturated heterocycles. The minimum atomic E-state index is -0.224. The Balaban J connectivity index is 1.94. The van der Waals surface area contributed by atoms with Crippen LogP contribution in [0.2, 0.25) is 0 Å². The fraction of sp³-hybridized carbons (Fsp3) is 0.118. The van der Waals surface area contributed by atoms with E-state index in [1.54, 1.807) is 18.5 Å². The summed E-state index contributed by atoms with van der Waals surface area (Å²) in [5.74, 6) is -0.224. The van der Waals surface area contributed by atoms with Gasteiger partial charge in [0.2, 0.25) is 0 Å². The van der Waals surface area contributed by atoms with Crippen molar-refractivity contribution in [2.75, 3.05) is 17.7 Å². The standard InChI is InChI=1S/C17H16FN3/c1-21(11-12-3-2-4-14(18)9-12)16-6-5-13-10-20-8-7-15(13)17(16)19/h2-10H,11,19H2,1H3. The number of benzene rings is 2. The van der Waals surface area contributed by atoms with Crippen LogP contribution in [-0.4, -0.2) is 12.0 Å². The third kappa shape index (κ3) is 2.65. The molecule has 1 aromatic heterocycles. The fourth-order valence-electron chi connectivity index (χ4n) is 2.51. The molecule has 0 atom stereocenters. The summed E-state index contributed by atoms with van der Waals surface area (Å²) in [6, 6.07) is 12.5. The van der Waals surface area contributed by atoms with Gasteiger partial charge in [0, 0.05) is 36.8 Å². The average Bonchev–Trinajstić information content (AvgIpc) is 2.48. The summed E-state index contributed by atoms with van der Waals surface area (Å²) < 4.78 is 13.3. The number of nitrogens with zero attached hydrogens (tertiary/aromatic N) is 2. The van der Waals surface area contributed by atoms with Gasteiger partial charge in [0.1, 0.15) is 5.82 Å². The van der Waals surface area contributed by atoms with Gasteiger partial charge in [-0.2, -0.15) is 0 Å². The molecule has 2 aromatic carbocycles. The van der Waals surface area contributed by atoms with E-state index in [0.717, 1.165) is 22.0 Å². The SMILES string of the molecule is CN(Cc1cccc(F)c1)c1ccc2cnccc2c1N. The molecule has 0 unspecified atom stereocenters. The van der Waals surface area contributed by atoms with Gasteiger partial charge >= 0.3 is 0 Å². The average molecular weight is 281 g/mol. The largest absolute Gasteiger partial charge is 0.397 e. The molecule has 4 heteroatoms. The Morgan fingerprint density at radius 1 is 1.19 bits per heavy atom. The number of halogens is 1. The van der Waals surface area contributed by atoms with E-state index in [2.05, 4.69) is 4.98 Å². The molecule has 0 aliphatic rings. The smallest absolute Gasteiger partial charge is 0.123 e. The molecule has 0 amide bonds. The predicted octanol–water partition coefficient (Wildman–Crippen LogP) is 3.59. The van der Waals surface area contributed by atoms with Crippen LogP contribution >= 0.6 is 0 Å². The van der Waals surface area contributed by atoms with Crippen molar-refractivity contribution in [3.8, 4) is 0 Å². The Morgan fingerprint density at radius 3 is 2.86 bits per heavy atom. The number of nitrogens with two attached hydrogens (primary N) is 1. The van der Waals surface area contributed by atoms with Crippen molar-refractivity contribution < 1.29 is 4.39 Å². The molecule has 0 radical (unpaired) electrons. The van der Waals surface area contributed by atoms with Crippen LogP contribution in [0, 0.1) is 5.82 Å². The second-order valence-electron chi connectivity index (χ2n) is 5.08. The lowest BCUT2D eigenvalue weighted by Crippen LogP contribution is -2.18. The van der Waals surface area contributed by atoms with E-state index in [4.69, 9.17) is 5.73 Å². The van der Waals surface area contributed by atoms with Crippen LogP contribution in [0.1, 0.15) is 5.56 Å². The van der Waals surface area contributed by atoms with Crippen molar-refractivity contribution >= 4 is 22.1 Å². The summed E-state index contributed by atoms with van der Waals surface area (Å²) in [6.45, 7) is 0.596. The van der Waals surface area contributed by atoms with Crippen molar-refractivity contribution in [1.82, 2.24) is 4.98 Å². The van der Waals surface area contributed by atoms with Gasteiger partial charge in [-0.25, -0.2) is 4.39 Å². The van der Waals surface area contributed by atoms with Crippen molar-refractivity contribution in [1.29, 1.82) is 0 Å². The fourth-order valence-corrected chi connectivity index (χ4v) is 2.51. The van der Waals surface area contributed by atoms with Gasteiger partial charge in [-0.1, -0.05) is 18.2 Å². The zero-order valence-electron chi connectivity index (χ0n) is 11.8. The summed E-state index contributed by atoms with van der Waals surface area (Å²) in [5.41, 5.74) is 8.81. The molecule has 0 spiro atoms. The van der Waals surface area contributed by atoms with Gasteiger partial charge in [-0.15, -0.1) is 0 Å². The first kappa shape index (κ1) is 13.4. The number of fused-ring (bicyclic) bond motifs is 1. The highest BCUT2D eigenvalue weighted by Gasteiger charge is 2.09. The lowest BCUT2D eigenvalue weighted by molar-refractivity contribution is 0.625. The summed E-state index contributed by atoms with van der Waals surface area (Å²) >= 11 is 0. The second-order valence-corrected chi connectivity index (χ2v) is 5.08. The molecule has 0 aliphatic carbocycles. The highest BCUT2D eigenvalue weighted by molar-refractivity contribution is 5.98. The number of hydrogen-bond acceptors (Lipinski definition) is 3. The van der Waals surface area contributed by atoms with E-state index >= 15 is 0 Å². The molecule has 0 fully saturated rings. The zero-order chi connectivity index (χ0) is 14.8. The Labute approximate surface area is 122 Å². The van der Waals surface area contributed by atoms with Crippen molar-refractivity contribution in [2.45, 2.75) is 6.54 Å². The lowest BCUT2D eigenvalue weighted by Gasteiger charge is -2.22. The van der Waals surface area contributed by atoms with Gasteiger partial charge in [-0.3, -0.25) is 4.98 Å². The van der Waals surface area contributed by atoms with E-state index < -0.39 is 0 Å². The second kappa shape index (κ2) is 5.40. The van der Waals surface area contributed by atoms with Crippen LogP contribution < -0.4 is 10.6 Å².